The van der Waals surface area contributed by atoms with Crippen molar-refractivity contribution < 1.29 is 4.12 Å². The van der Waals surface area contributed by atoms with Crippen LogP contribution >= 0.6 is 0 Å². The van der Waals surface area contributed by atoms with E-state index in [1.807, 2.05) is 0 Å². The molecule has 1 aliphatic heterocycles. The summed E-state index contributed by atoms with van der Waals surface area (Å²) in [5.41, 5.74) is 0. The van der Waals surface area contributed by atoms with Crippen LogP contribution in [-0.2, 0) is 4.12 Å². The van der Waals surface area contributed by atoms with E-state index in [1.165, 1.54) is 0 Å². The smallest absolute Gasteiger partial charge is 0.157 e. The molecule has 0 aromatic rings. The second kappa shape index (κ2) is 2.38. The molecule has 1 rings (SSSR count). The molecule has 6 heavy (non-hydrogen) atoms. The van der Waals surface area contributed by atoms with E-state index < -0.39 is 0 Å². The van der Waals surface area contributed by atoms with E-state index in [0.29, 0.717) is 26.4 Å². The molecule has 0 spiro atoms. The van der Waals surface area contributed by atoms with Gasteiger partial charge in [0.05, 0.1) is 0 Å². The van der Waals surface area contributed by atoms with Crippen LogP contribution in [0.5, 0.6) is 0 Å². The van der Waals surface area contributed by atoms with Gasteiger partial charge in [0, 0.05) is 8.55 Å². The van der Waals surface area contributed by atoms with E-state index in [0.717, 1.165) is 0 Å². The largest absolute Gasteiger partial charge is 0.466 e. The van der Waals surface area contributed by atoms with Gasteiger partial charge in [0.15, 0.2) is 17.4 Å². The zero-order valence-corrected chi connectivity index (χ0v) is 11.5. The Labute approximate surface area is 48.8 Å². The van der Waals surface area contributed by atoms with Crippen molar-refractivity contribution in [2.75, 3.05) is 0 Å². The van der Waals surface area contributed by atoms with Crippen molar-refractivity contribution >= 4 is 44.2 Å². The van der Waals surface area contributed by atoms with Crippen molar-refractivity contribution in [2.45, 2.75) is 0 Å². The molecule has 0 aliphatic carbocycles. The third-order valence-electron chi connectivity index (χ3n) is 1.01. The van der Waals surface area contributed by atoms with Crippen LogP contribution in [0.4, 0.5) is 0 Å². The van der Waals surface area contributed by atoms with Crippen molar-refractivity contribution in [3.8, 4) is 0 Å². The van der Waals surface area contributed by atoms with Gasteiger partial charge in [0.2, 0.25) is 0 Å². The molecule has 0 aromatic carbocycles. The second-order valence-corrected chi connectivity index (χ2v) is 35.1. The molecule has 1 atom stereocenters. The Bertz CT molecular complexity index is 39.2. The molecule has 1 heterocycles. The molecule has 1 nitrogen and oxygen atoms in total. The van der Waals surface area contributed by atoms with Crippen LogP contribution < -0.4 is 0 Å². The summed E-state index contributed by atoms with van der Waals surface area (Å²) in [6.45, 7) is 0. The Hall–Kier alpha value is 1.04. The first-order chi connectivity index (χ1) is 2.93. The van der Waals surface area contributed by atoms with Crippen LogP contribution in [0.1, 0.15) is 0 Å². The molecule has 1 saturated heterocycles. The zero-order valence-electron chi connectivity index (χ0n) is 4.11. The minimum absolute atomic E-state index is 0.0463. The first-order valence-electron chi connectivity index (χ1n) is 2.55. The second-order valence-electron chi connectivity index (χ2n) is 1.74. The molecular weight excluding hydrogens is 156 g/mol. The molecular formula is H10OSi5. The van der Waals surface area contributed by atoms with Crippen molar-refractivity contribution in [2.24, 2.45) is 0 Å². The maximum Gasteiger partial charge on any atom is 0.157 e. The van der Waals surface area contributed by atoms with E-state index in [4.69, 9.17) is 4.12 Å². The highest BCUT2D eigenvalue weighted by molar-refractivity contribution is 7.61. The Morgan fingerprint density at radius 3 is 2.67 bits per heavy atom. The van der Waals surface area contributed by atoms with Crippen LogP contribution in [0, 0.1) is 0 Å². The predicted octanol–water partition coefficient (Wildman–Crippen LogP) is -4.65. The first-order valence-corrected chi connectivity index (χ1v) is 19.8. The average molecular weight is 167 g/mol. The van der Waals surface area contributed by atoms with Crippen molar-refractivity contribution in [3.63, 3.8) is 0 Å². The van der Waals surface area contributed by atoms with E-state index in [1.54, 1.807) is 9.76 Å². The summed E-state index contributed by atoms with van der Waals surface area (Å²) in [4.78, 5) is 0. The average Bonchev–Trinajstić information content (AvgIpc) is 2.21. The Morgan fingerprint density at radius 1 is 1.83 bits per heavy atom. The Balaban J connectivity index is 1.88. The van der Waals surface area contributed by atoms with Gasteiger partial charge < -0.3 is 4.12 Å². The van der Waals surface area contributed by atoms with E-state index in [9.17, 15) is 0 Å². The highest BCUT2D eigenvalue weighted by Gasteiger charge is 2.23. The highest BCUT2D eigenvalue weighted by Crippen LogP contribution is 1.93. The molecule has 0 aromatic heterocycles. The highest BCUT2D eigenvalue weighted by atomic mass is 29.9. The fourth-order valence-electron chi connectivity index (χ4n) is 0.557. The predicted molar refractivity (Wildman–Crippen MR) is 43.8 cm³/mol. The zero-order chi connectivity index (χ0) is 4.41. The van der Waals surface area contributed by atoms with Crippen molar-refractivity contribution in [1.82, 2.24) is 0 Å². The van der Waals surface area contributed by atoms with Crippen LogP contribution in [0.3, 0.4) is 0 Å². The lowest BCUT2D eigenvalue weighted by atomic mass is 15.8. The molecule has 0 radical (unpaired) electrons. The lowest BCUT2D eigenvalue weighted by Gasteiger charge is -1.75. The fraction of sp³-hybridized carbons (Fsp3) is 0. The summed E-state index contributed by atoms with van der Waals surface area (Å²) in [6, 6.07) is 0. The summed E-state index contributed by atoms with van der Waals surface area (Å²) in [5, 5.41) is 0. The summed E-state index contributed by atoms with van der Waals surface area (Å²) in [7, 11) is 3.21. The fourth-order valence-corrected chi connectivity index (χ4v) is 78.2. The minimum atomic E-state index is -0.0463. The van der Waals surface area contributed by atoms with E-state index in [-0.39, 0.29) is 8.08 Å². The molecule has 1 unspecified atom stereocenters. The normalized spacial score (nSPS) is 39.0. The van der Waals surface area contributed by atoms with Gasteiger partial charge in [-0.05, 0) is 18.3 Å². The van der Waals surface area contributed by atoms with E-state index in [2.05, 4.69) is 0 Å². The first kappa shape index (κ1) is 5.19. The van der Waals surface area contributed by atoms with Crippen LogP contribution in [-0.4, -0.2) is 44.2 Å². The van der Waals surface area contributed by atoms with Crippen LogP contribution in [0.2, 0.25) is 0 Å². The summed E-state index contributed by atoms with van der Waals surface area (Å²) in [5.74, 6) is 0. The number of hydrogen-bond donors (Lipinski definition) is 0. The molecule has 1 aliphatic rings. The van der Waals surface area contributed by atoms with Gasteiger partial charge in [-0.3, -0.25) is 0 Å². The van der Waals surface area contributed by atoms with Crippen molar-refractivity contribution in [1.29, 1.82) is 0 Å². The summed E-state index contributed by atoms with van der Waals surface area (Å²) >= 11 is 0. The van der Waals surface area contributed by atoms with Crippen LogP contribution in [0.25, 0.3) is 0 Å². The maximum atomic E-state index is 5.35. The molecule has 0 amide bonds. The number of rotatable bonds is 2. The summed E-state index contributed by atoms with van der Waals surface area (Å²) < 4.78 is 5.35. The third-order valence-corrected chi connectivity index (χ3v) is 51.0. The molecule has 0 saturated carbocycles. The quantitative estimate of drug-likeness (QED) is 0.297. The van der Waals surface area contributed by atoms with Gasteiger partial charge in [-0.1, -0.05) is 0 Å². The third kappa shape index (κ3) is 1.66. The van der Waals surface area contributed by atoms with Crippen LogP contribution in [0.15, 0.2) is 0 Å². The molecule has 6 heteroatoms. The van der Waals surface area contributed by atoms with Gasteiger partial charge in [-0.2, -0.15) is 0 Å². The van der Waals surface area contributed by atoms with Gasteiger partial charge in [-0.25, -0.2) is 0 Å². The monoisotopic (exact) mass is 166 g/mol. The number of hydrogen-bond acceptors (Lipinski definition) is 1. The lowest BCUT2D eigenvalue weighted by Crippen LogP contribution is -2.15. The molecule has 0 bridgehead atoms. The minimum Gasteiger partial charge on any atom is -0.466 e. The SMILES string of the molecule is [SiH3][SiH2][SiH2][SiH]1O[SiH2]1. The topological polar surface area (TPSA) is 12.5 Å². The molecule has 0 N–H and O–H groups in total. The maximum absolute atomic E-state index is 5.35. The standard InChI is InChI=1S/H10OSi5/c2-4-5-6-1-3-6/h6H,3-5H2,2H3. The van der Waals surface area contributed by atoms with Gasteiger partial charge in [0.25, 0.3) is 0 Å². The van der Waals surface area contributed by atoms with Crippen molar-refractivity contribution in [3.05, 3.63) is 0 Å². The Kier molecular flexibility index (Phi) is 2.05. The lowest BCUT2D eigenvalue weighted by molar-refractivity contribution is 0.746. The summed E-state index contributed by atoms with van der Waals surface area (Å²) in [6.07, 6.45) is 0. The van der Waals surface area contributed by atoms with Gasteiger partial charge in [0.1, 0.15) is 0 Å². The van der Waals surface area contributed by atoms with E-state index >= 15 is 0 Å². The van der Waals surface area contributed by atoms with Gasteiger partial charge >= 0.3 is 0 Å². The Morgan fingerprint density at radius 2 is 2.50 bits per heavy atom. The molecule has 36 valence electrons. The van der Waals surface area contributed by atoms with Gasteiger partial charge in [-0.15, -0.1) is 0 Å². The molecule has 1 fully saturated rings.